The van der Waals surface area contributed by atoms with Crippen molar-refractivity contribution in [3.63, 3.8) is 0 Å². The smallest absolute Gasteiger partial charge is 0.233 e. The van der Waals surface area contributed by atoms with Crippen molar-refractivity contribution in [3.05, 3.63) is 47.9 Å². The van der Waals surface area contributed by atoms with Crippen molar-refractivity contribution in [2.45, 2.75) is 13.5 Å². The Bertz CT molecular complexity index is 650. The van der Waals surface area contributed by atoms with Crippen LogP contribution in [0.3, 0.4) is 0 Å². The van der Waals surface area contributed by atoms with Gasteiger partial charge < -0.3 is 0 Å². The lowest BCUT2D eigenvalue weighted by atomic mass is 10.2. The van der Waals surface area contributed by atoms with Gasteiger partial charge in [0.05, 0.1) is 12.3 Å². The number of aromatic nitrogens is 2. The van der Waals surface area contributed by atoms with Crippen LogP contribution in [-0.2, 0) is 16.6 Å². The Kier molecular flexibility index (Phi) is 3.84. The van der Waals surface area contributed by atoms with Crippen LogP contribution in [0.5, 0.6) is 0 Å². The van der Waals surface area contributed by atoms with E-state index in [-0.39, 0.29) is 17.4 Å². The molecule has 0 aliphatic carbocycles. The van der Waals surface area contributed by atoms with Crippen LogP contribution in [0.1, 0.15) is 12.5 Å². The van der Waals surface area contributed by atoms with Gasteiger partial charge in [-0.1, -0.05) is 12.1 Å². The normalized spacial score (nSPS) is 11.5. The van der Waals surface area contributed by atoms with Crippen molar-refractivity contribution in [2.24, 2.45) is 0 Å². The quantitative estimate of drug-likeness (QED) is 0.910. The molecule has 0 saturated carbocycles. The zero-order chi connectivity index (χ0) is 13.9. The third kappa shape index (κ3) is 3.78. The van der Waals surface area contributed by atoms with Crippen LogP contribution in [-0.4, -0.2) is 24.0 Å². The second-order valence-electron chi connectivity index (χ2n) is 4.03. The van der Waals surface area contributed by atoms with Crippen LogP contribution in [0.15, 0.2) is 36.5 Å². The lowest BCUT2D eigenvalue weighted by Crippen LogP contribution is -2.15. The summed E-state index contributed by atoms with van der Waals surface area (Å²) in [5, 5.41) is 4.09. The van der Waals surface area contributed by atoms with Crippen LogP contribution in [0.4, 0.5) is 10.2 Å². The zero-order valence-electron chi connectivity index (χ0n) is 10.4. The van der Waals surface area contributed by atoms with E-state index in [1.165, 1.54) is 12.1 Å². The van der Waals surface area contributed by atoms with Gasteiger partial charge in [0.2, 0.25) is 10.0 Å². The van der Waals surface area contributed by atoms with Crippen LogP contribution >= 0.6 is 0 Å². The first kappa shape index (κ1) is 13.5. The molecule has 0 unspecified atom stereocenters. The summed E-state index contributed by atoms with van der Waals surface area (Å²) in [4.78, 5) is 0. The topological polar surface area (TPSA) is 64.0 Å². The van der Waals surface area contributed by atoms with Crippen molar-refractivity contribution >= 4 is 15.8 Å². The average molecular weight is 283 g/mol. The van der Waals surface area contributed by atoms with E-state index in [1.54, 1.807) is 36.0 Å². The highest BCUT2D eigenvalue weighted by Crippen LogP contribution is 2.09. The van der Waals surface area contributed by atoms with E-state index in [4.69, 9.17) is 0 Å². The van der Waals surface area contributed by atoms with Crippen LogP contribution < -0.4 is 4.72 Å². The molecule has 0 bridgehead atoms. The van der Waals surface area contributed by atoms with E-state index in [0.29, 0.717) is 6.54 Å². The highest BCUT2D eigenvalue weighted by molar-refractivity contribution is 7.92. The number of benzene rings is 1. The number of nitrogens with one attached hydrogen (secondary N) is 1. The van der Waals surface area contributed by atoms with Gasteiger partial charge in [-0.15, -0.1) is 0 Å². The summed E-state index contributed by atoms with van der Waals surface area (Å²) in [5.41, 5.74) is 0.884. The molecule has 0 fully saturated rings. The molecule has 102 valence electrons. The van der Waals surface area contributed by atoms with E-state index in [9.17, 15) is 12.8 Å². The molecule has 1 heterocycles. The number of hydrogen-bond donors (Lipinski definition) is 1. The standard InChI is InChI=1S/C12H14FN3O2S/c1-2-19(17,18)15-12-7-8-16(14-12)9-10-3-5-11(13)6-4-10/h3-8H,2,9H2,1H3,(H,14,15). The summed E-state index contributed by atoms with van der Waals surface area (Å²) in [7, 11) is -3.31. The van der Waals surface area contributed by atoms with Gasteiger partial charge in [0.15, 0.2) is 5.82 Å². The third-order valence-electron chi connectivity index (χ3n) is 2.54. The first-order valence-electron chi connectivity index (χ1n) is 5.77. The van der Waals surface area contributed by atoms with Crippen molar-refractivity contribution in [2.75, 3.05) is 10.5 Å². The van der Waals surface area contributed by atoms with E-state index >= 15 is 0 Å². The number of rotatable bonds is 5. The second-order valence-corrected chi connectivity index (χ2v) is 6.04. The Hall–Kier alpha value is -1.89. The molecule has 1 aromatic carbocycles. The first-order chi connectivity index (χ1) is 8.98. The summed E-state index contributed by atoms with van der Waals surface area (Å²) >= 11 is 0. The van der Waals surface area contributed by atoms with Gasteiger partial charge in [-0.3, -0.25) is 9.40 Å². The molecule has 1 N–H and O–H groups in total. The maximum Gasteiger partial charge on any atom is 0.233 e. The number of sulfonamides is 1. The van der Waals surface area contributed by atoms with Gasteiger partial charge in [-0.2, -0.15) is 5.10 Å². The second kappa shape index (κ2) is 5.40. The van der Waals surface area contributed by atoms with Crippen LogP contribution in [0.2, 0.25) is 0 Å². The minimum atomic E-state index is -3.31. The SMILES string of the molecule is CCS(=O)(=O)Nc1ccn(Cc2ccc(F)cc2)n1. The minimum absolute atomic E-state index is 0.00216. The monoisotopic (exact) mass is 283 g/mol. The molecule has 1 aromatic heterocycles. The van der Waals surface area contributed by atoms with Gasteiger partial charge >= 0.3 is 0 Å². The Balaban J connectivity index is 2.07. The zero-order valence-corrected chi connectivity index (χ0v) is 11.2. The number of halogens is 1. The average Bonchev–Trinajstić information content (AvgIpc) is 2.79. The van der Waals surface area contributed by atoms with E-state index in [2.05, 4.69) is 9.82 Å². The molecule has 0 aliphatic rings. The van der Waals surface area contributed by atoms with Gasteiger partial charge in [0.25, 0.3) is 0 Å². The molecular formula is C12H14FN3O2S. The predicted molar refractivity (Wildman–Crippen MR) is 70.8 cm³/mol. The molecule has 0 saturated heterocycles. The molecule has 0 amide bonds. The van der Waals surface area contributed by atoms with Crippen LogP contribution in [0, 0.1) is 5.82 Å². The van der Waals surface area contributed by atoms with Crippen molar-refractivity contribution in [3.8, 4) is 0 Å². The van der Waals surface area contributed by atoms with Crippen molar-refractivity contribution in [1.29, 1.82) is 0 Å². The van der Waals surface area contributed by atoms with Gasteiger partial charge in [-0.05, 0) is 24.6 Å². The predicted octanol–water partition coefficient (Wildman–Crippen LogP) is 1.83. The minimum Gasteiger partial charge on any atom is -0.266 e. The summed E-state index contributed by atoms with van der Waals surface area (Å²) in [6, 6.07) is 7.65. The van der Waals surface area contributed by atoms with Gasteiger partial charge in [-0.25, -0.2) is 12.8 Å². The lowest BCUT2D eigenvalue weighted by molar-refractivity contribution is 0.601. The van der Waals surface area contributed by atoms with E-state index < -0.39 is 10.0 Å². The summed E-state index contributed by atoms with van der Waals surface area (Å²) in [6.07, 6.45) is 1.66. The summed E-state index contributed by atoms with van der Waals surface area (Å²) in [5.74, 6) is -0.0118. The molecule has 2 rings (SSSR count). The Labute approximate surface area is 111 Å². The number of nitrogens with zero attached hydrogens (tertiary/aromatic N) is 2. The highest BCUT2D eigenvalue weighted by Gasteiger charge is 2.08. The fourth-order valence-corrected chi connectivity index (χ4v) is 2.08. The maximum atomic E-state index is 12.8. The Morgan fingerprint density at radius 3 is 2.58 bits per heavy atom. The largest absolute Gasteiger partial charge is 0.266 e. The molecule has 0 atom stereocenters. The Morgan fingerprint density at radius 1 is 1.26 bits per heavy atom. The molecular weight excluding hydrogens is 269 g/mol. The third-order valence-corrected chi connectivity index (χ3v) is 3.82. The fraction of sp³-hybridized carbons (Fsp3) is 0.250. The molecule has 7 heteroatoms. The molecule has 0 spiro atoms. The van der Waals surface area contributed by atoms with E-state index in [1.807, 2.05) is 0 Å². The van der Waals surface area contributed by atoms with Gasteiger partial charge in [0, 0.05) is 12.3 Å². The van der Waals surface area contributed by atoms with Crippen molar-refractivity contribution < 1.29 is 12.8 Å². The molecule has 2 aromatic rings. The molecule has 0 aliphatic heterocycles. The summed E-state index contributed by atoms with van der Waals surface area (Å²) in [6.45, 7) is 2.01. The lowest BCUT2D eigenvalue weighted by Gasteiger charge is -2.03. The van der Waals surface area contributed by atoms with Crippen molar-refractivity contribution in [1.82, 2.24) is 9.78 Å². The molecule has 19 heavy (non-hydrogen) atoms. The molecule has 0 radical (unpaired) electrons. The number of anilines is 1. The first-order valence-corrected chi connectivity index (χ1v) is 7.42. The fourth-order valence-electron chi connectivity index (χ4n) is 1.51. The molecule has 5 nitrogen and oxygen atoms in total. The van der Waals surface area contributed by atoms with E-state index in [0.717, 1.165) is 5.56 Å². The highest BCUT2D eigenvalue weighted by atomic mass is 32.2. The van der Waals surface area contributed by atoms with Crippen LogP contribution in [0.25, 0.3) is 0 Å². The number of hydrogen-bond acceptors (Lipinski definition) is 3. The maximum absolute atomic E-state index is 12.8. The Morgan fingerprint density at radius 2 is 1.95 bits per heavy atom. The van der Waals surface area contributed by atoms with Gasteiger partial charge in [0.1, 0.15) is 5.82 Å². The summed E-state index contributed by atoms with van der Waals surface area (Å²) < 4.78 is 39.4.